The van der Waals surface area contributed by atoms with E-state index >= 15 is 0 Å². The van der Waals surface area contributed by atoms with Gasteiger partial charge in [0.25, 0.3) is 11.8 Å². The quantitative estimate of drug-likeness (QED) is 0.529. The Morgan fingerprint density at radius 1 is 1.35 bits per heavy atom. The van der Waals surface area contributed by atoms with Crippen LogP contribution in [0.25, 0.3) is 0 Å². The highest BCUT2D eigenvalue weighted by molar-refractivity contribution is 9.10. The van der Waals surface area contributed by atoms with Gasteiger partial charge >= 0.3 is 12.0 Å². The minimum atomic E-state index is -1.02. The molecule has 1 saturated heterocycles. The molecule has 4 amide bonds. The molecule has 8 nitrogen and oxygen atoms in total. The van der Waals surface area contributed by atoms with Gasteiger partial charge in [-0.05, 0) is 32.0 Å². The van der Waals surface area contributed by atoms with Gasteiger partial charge in [-0.25, -0.2) is 9.18 Å². The predicted molar refractivity (Wildman–Crippen MR) is 92.6 cm³/mol. The summed E-state index contributed by atoms with van der Waals surface area (Å²) in [5.74, 6) is -2.56. The Kier molecular flexibility index (Phi) is 5.96. The molecule has 10 heteroatoms. The number of anilines is 1. The summed E-state index contributed by atoms with van der Waals surface area (Å²) in [6.07, 6.45) is -0.255. The number of amides is 4. The molecule has 1 aliphatic rings. The first-order valence-corrected chi connectivity index (χ1v) is 8.44. The Hall–Kier alpha value is -2.49. The molecule has 0 bridgehead atoms. The molecule has 0 saturated carbocycles. The Morgan fingerprint density at radius 2 is 2.04 bits per heavy atom. The molecule has 0 aromatic heterocycles. The van der Waals surface area contributed by atoms with Crippen LogP contribution in [0.1, 0.15) is 20.3 Å². The number of rotatable bonds is 6. The standard InChI is InChI=1S/C16H17BrFN3O5/c1-16(2)14(24)21(15(25)20-16)6-5-13(23)26-8-12(22)19-11-4-3-9(17)7-10(11)18/h3-4,7H,5-6,8H2,1-2H3,(H,19,22)(H,20,25). The lowest BCUT2D eigenvalue weighted by molar-refractivity contribution is -0.147. The summed E-state index contributed by atoms with van der Waals surface area (Å²) in [5, 5.41) is 4.76. The largest absolute Gasteiger partial charge is 0.456 e. The molecule has 1 aliphatic heterocycles. The summed E-state index contributed by atoms with van der Waals surface area (Å²) < 4.78 is 18.9. The molecule has 0 atom stereocenters. The van der Waals surface area contributed by atoms with E-state index in [2.05, 4.69) is 26.6 Å². The van der Waals surface area contributed by atoms with E-state index in [0.29, 0.717) is 4.47 Å². The summed E-state index contributed by atoms with van der Waals surface area (Å²) in [6, 6.07) is 3.50. The summed E-state index contributed by atoms with van der Waals surface area (Å²) in [4.78, 5) is 48.0. The van der Waals surface area contributed by atoms with Crippen LogP contribution in [-0.2, 0) is 19.1 Å². The SMILES string of the molecule is CC1(C)NC(=O)N(CCC(=O)OCC(=O)Nc2ccc(Br)cc2F)C1=O. The zero-order valence-electron chi connectivity index (χ0n) is 14.1. The van der Waals surface area contributed by atoms with Gasteiger partial charge in [-0.3, -0.25) is 19.3 Å². The Morgan fingerprint density at radius 3 is 2.62 bits per heavy atom. The maximum Gasteiger partial charge on any atom is 0.325 e. The summed E-state index contributed by atoms with van der Waals surface area (Å²) in [6.45, 7) is 2.34. The van der Waals surface area contributed by atoms with Crippen LogP contribution in [0.4, 0.5) is 14.9 Å². The predicted octanol–water partition coefficient (Wildman–Crippen LogP) is 1.79. The van der Waals surface area contributed by atoms with E-state index in [1.54, 1.807) is 19.9 Å². The molecule has 1 aromatic carbocycles. The fraction of sp³-hybridized carbons (Fsp3) is 0.375. The van der Waals surface area contributed by atoms with Crippen LogP contribution in [0.5, 0.6) is 0 Å². The number of benzene rings is 1. The van der Waals surface area contributed by atoms with Crippen molar-refractivity contribution in [1.82, 2.24) is 10.2 Å². The van der Waals surface area contributed by atoms with Crippen LogP contribution in [0.2, 0.25) is 0 Å². The van der Waals surface area contributed by atoms with Gasteiger partial charge in [-0.1, -0.05) is 15.9 Å². The number of hydrogen-bond acceptors (Lipinski definition) is 5. The van der Waals surface area contributed by atoms with Gasteiger partial charge in [-0.15, -0.1) is 0 Å². The minimum Gasteiger partial charge on any atom is -0.456 e. The Bertz CT molecular complexity index is 768. The van der Waals surface area contributed by atoms with E-state index in [1.807, 2.05) is 0 Å². The maximum absolute atomic E-state index is 13.6. The van der Waals surface area contributed by atoms with Gasteiger partial charge in [-0.2, -0.15) is 0 Å². The van der Waals surface area contributed by atoms with Gasteiger partial charge < -0.3 is 15.4 Å². The van der Waals surface area contributed by atoms with Crippen molar-refractivity contribution < 1.29 is 28.3 Å². The molecular weight excluding hydrogens is 413 g/mol. The molecular formula is C16H17BrFN3O5. The van der Waals surface area contributed by atoms with Crippen molar-refractivity contribution in [2.45, 2.75) is 25.8 Å². The zero-order valence-corrected chi connectivity index (χ0v) is 15.7. The molecule has 140 valence electrons. The minimum absolute atomic E-state index is 0.0455. The van der Waals surface area contributed by atoms with E-state index in [-0.39, 0.29) is 18.7 Å². The smallest absolute Gasteiger partial charge is 0.325 e. The lowest BCUT2D eigenvalue weighted by atomic mass is 10.1. The third-order valence-electron chi connectivity index (χ3n) is 3.55. The van der Waals surface area contributed by atoms with Crippen molar-refractivity contribution >= 4 is 45.4 Å². The number of hydrogen-bond donors (Lipinski definition) is 2. The molecule has 0 spiro atoms. The van der Waals surface area contributed by atoms with Crippen LogP contribution in [-0.4, -0.2) is 47.4 Å². The Balaban J connectivity index is 1.77. The second-order valence-corrected chi connectivity index (χ2v) is 7.01. The highest BCUT2D eigenvalue weighted by Gasteiger charge is 2.44. The monoisotopic (exact) mass is 429 g/mol. The van der Waals surface area contributed by atoms with E-state index in [1.165, 1.54) is 12.1 Å². The maximum atomic E-state index is 13.6. The van der Waals surface area contributed by atoms with Crippen LogP contribution in [0, 0.1) is 5.82 Å². The van der Waals surface area contributed by atoms with Crippen molar-refractivity contribution in [2.75, 3.05) is 18.5 Å². The highest BCUT2D eigenvalue weighted by atomic mass is 79.9. The molecule has 26 heavy (non-hydrogen) atoms. The zero-order chi connectivity index (χ0) is 19.5. The number of esters is 1. The first-order chi connectivity index (χ1) is 12.1. The van der Waals surface area contributed by atoms with Gasteiger partial charge in [0.15, 0.2) is 6.61 Å². The lowest BCUT2D eigenvalue weighted by Gasteiger charge is -2.15. The molecule has 1 heterocycles. The molecule has 0 radical (unpaired) electrons. The molecule has 1 aromatic rings. The van der Waals surface area contributed by atoms with Crippen molar-refractivity contribution in [3.05, 3.63) is 28.5 Å². The molecule has 2 N–H and O–H groups in total. The van der Waals surface area contributed by atoms with Crippen LogP contribution < -0.4 is 10.6 Å². The van der Waals surface area contributed by atoms with Crippen LogP contribution in [0.15, 0.2) is 22.7 Å². The summed E-state index contributed by atoms with van der Waals surface area (Å²) in [7, 11) is 0. The average Bonchev–Trinajstić information content (AvgIpc) is 2.74. The van der Waals surface area contributed by atoms with E-state index in [4.69, 9.17) is 4.74 Å². The van der Waals surface area contributed by atoms with Crippen LogP contribution in [0.3, 0.4) is 0 Å². The third-order valence-corrected chi connectivity index (χ3v) is 4.05. The number of carbonyl (C=O) groups is 4. The van der Waals surface area contributed by atoms with Crippen LogP contribution >= 0.6 is 15.9 Å². The normalized spacial score (nSPS) is 15.6. The summed E-state index contributed by atoms with van der Waals surface area (Å²) >= 11 is 3.09. The van der Waals surface area contributed by atoms with Gasteiger partial charge in [0, 0.05) is 11.0 Å². The van der Waals surface area contributed by atoms with Crippen molar-refractivity contribution in [3.8, 4) is 0 Å². The van der Waals surface area contributed by atoms with Gasteiger partial charge in [0.1, 0.15) is 11.4 Å². The summed E-state index contributed by atoms with van der Waals surface area (Å²) in [5.41, 5.74) is -1.06. The van der Waals surface area contributed by atoms with E-state index < -0.39 is 41.8 Å². The van der Waals surface area contributed by atoms with Crippen molar-refractivity contribution in [1.29, 1.82) is 0 Å². The fourth-order valence-corrected chi connectivity index (χ4v) is 2.55. The number of nitrogens with one attached hydrogen (secondary N) is 2. The van der Waals surface area contributed by atoms with E-state index in [0.717, 1.165) is 4.90 Å². The third kappa shape index (κ3) is 4.78. The number of carbonyl (C=O) groups excluding carboxylic acids is 4. The second kappa shape index (κ2) is 7.81. The molecule has 0 unspecified atom stereocenters. The Labute approximate surface area is 157 Å². The number of nitrogens with zero attached hydrogens (tertiary/aromatic N) is 1. The van der Waals surface area contributed by atoms with E-state index in [9.17, 15) is 23.6 Å². The second-order valence-electron chi connectivity index (χ2n) is 6.09. The topological polar surface area (TPSA) is 105 Å². The molecule has 2 rings (SSSR count). The van der Waals surface area contributed by atoms with Crippen molar-refractivity contribution in [2.24, 2.45) is 0 Å². The fourth-order valence-electron chi connectivity index (χ4n) is 2.22. The van der Waals surface area contributed by atoms with Gasteiger partial charge in [0.05, 0.1) is 12.1 Å². The van der Waals surface area contributed by atoms with Crippen molar-refractivity contribution in [3.63, 3.8) is 0 Å². The lowest BCUT2D eigenvalue weighted by Crippen LogP contribution is -2.40. The number of imide groups is 1. The first kappa shape index (κ1) is 19.8. The molecule has 0 aliphatic carbocycles. The van der Waals surface area contributed by atoms with Gasteiger partial charge in [0.2, 0.25) is 0 Å². The first-order valence-electron chi connectivity index (χ1n) is 7.65. The molecule has 1 fully saturated rings. The number of ether oxygens (including phenoxy) is 1. The number of halogens is 2. The average molecular weight is 430 g/mol. The highest BCUT2D eigenvalue weighted by Crippen LogP contribution is 2.19. The number of urea groups is 1.